The number of amides is 1. The van der Waals surface area contributed by atoms with E-state index in [0.29, 0.717) is 15.7 Å². The molecule has 1 aromatic carbocycles. The topological polar surface area (TPSA) is 69.7 Å². The van der Waals surface area contributed by atoms with Crippen LogP contribution < -0.4 is 5.32 Å². The molecule has 0 bridgehead atoms. The van der Waals surface area contributed by atoms with E-state index < -0.39 is 16.1 Å². The molecular weight excluding hydrogens is 325 g/mol. The third kappa shape index (κ3) is 4.32. The summed E-state index contributed by atoms with van der Waals surface area (Å²) >= 11 is 11.6. The number of halogens is 2. The van der Waals surface area contributed by atoms with Crippen LogP contribution in [-0.4, -0.2) is 50.6 Å². The Labute approximate surface area is 128 Å². The van der Waals surface area contributed by atoms with Crippen LogP contribution in [0.25, 0.3) is 0 Å². The summed E-state index contributed by atoms with van der Waals surface area (Å²) in [6.45, 7) is -0.305. The quantitative estimate of drug-likeness (QED) is 0.886. The molecule has 6 nitrogen and oxygen atoms in total. The molecule has 9 heteroatoms. The number of benzene rings is 1. The van der Waals surface area contributed by atoms with Crippen molar-refractivity contribution in [3.8, 4) is 0 Å². The molecule has 1 aromatic rings. The SMILES string of the molecule is CN(C)S(=O)(=O)N(C)CC(=O)Nc1ccc(Cl)c(Cl)c1. The van der Waals surface area contributed by atoms with E-state index in [1.54, 1.807) is 12.1 Å². The summed E-state index contributed by atoms with van der Waals surface area (Å²) in [7, 11) is 0.486. The average Bonchev–Trinajstić information content (AvgIpc) is 2.33. The van der Waals surface area contributed by atoms with Gasteiger partial charge in [-0.15, -0.1) is 0 Å². The van der Waals surface area contributed by atoms with Crippen LogP contribution in [0.1, 0.15) is 0 Å². The van der Waals surface area contributed by atoms with Crippen molar-refractivity contribution in [2.45, 2.75) is 0 Å². The van der Waals surface area contributed by atoms with Crippen molar-refractivity contribution in [3.63, 3.8) is 0 Å². The molecule has 0 fully saturated rings. The molecule has 1 amide bonds. The van der Waals surface area contributed by atoms with E-state index in [-0.39, 0.29) is 6.54 Å². The summed E-state index contributed by atoms with van der Waals surface area (Å²) in [5.74, 6) is -0.476. The largest absolute Gasteiger partial charge is 0.325 e. The number of rotatable bonds is 5. The number of nitrogens with one attached hydrogen (secondary N) is 1. The summed E-state index contributed by atoms with van der Waals surface area (Å²) < 4.78 is 25.5. The Kier molecular flexibility index (Phi) is 5.79. The second-order valence-electron chi connectivity index (χ2n) is 4.22. The van der Waals surface area contributed by atoms with Crippen LogP contribution in [0.2, 0.25) is 10.0 Å². The molecule has 0 unspecified atom stereocenters. The normalized spacial score (nSPS) is 11.9. The third-order valence-electron chi connectivity index (χ3n) is 2.42. The molecule has 112 valence electrons. The van der Waals surface area contributed by atoms with Gasteiger partial charge in [-0.2, -0.15) is 17.0 Å². The van der Waals surface area contributed by atoms with Crippen LogP contribution >= 0.6 is 23.2 Å². The second-order valence-corrected chi connectivity index (χ2v) is 7.29. The lowest BCUT2D eigenvalue weighted by atomic mass is 10.3. The van der Waals surface area contributed by atoms with Gasteiger partial charge in [-0.1, -0.05) is 23.2 Å². The molecule has 0 spiro atoms. The zero-order valence-electron chi connectivity index (χ0n) is 11.2. The van der Waals surface area contributed by atoms with Gasteiger partial charge in [0.1, 0.15) is 0 Å². The lowest BCUT2D eigenvalue weighted by Crippen LogP contribution is -2.41. The Balaban J connectivity index is 2.71. The number of likely N-dealkylation sites (N-methyl/N-ethyl adjacent to an activating group) is 1. The Bertz CT molecular complexity index is 605. The van der Waals surface area contributed by atoms with Gasteiger partial charge in [-0.3, -0.25) is 4.79 Å². The number of carbonyl (C=O) groups is 1. The molecule has 0 saturated heterocycles. The van der Waals surface area contributed by atoms with Crippen LogP contribution in [0.3, 0.4) is 0 Å². The van der Waals surface area contributed by atoms with Crippen molar-refractivity contribution < 1.29 is 13.2 Å². The number of hydrogen-bond donors (Lipinski definition) is 1. The predicted octanol–water partition coefficient (Wildman–Crippen LogP) is 1.67. The minimum Gasteiger partial charge on any atom is -0.325 e. The molecule has 0 aromatic heterocycles. The fourth-order valence-electron chi connectivity index (χ4n) is 1.34. The first-order valence-corrected chi connectivity index (χ1v) is 7.68. The summed E-state index contributed by atoms with van der Waals surface area (Å²) in [5.41, 5.74) is 0.444. The van der Waals surface area contributed by atoms with E-state index >= 15 is 0 Å². The Morgan fingerprint density at radius 2 is 1.80 bits per heavy atom. The van der Waals surface area contributed by atoms with Crippen LogP contribution in [0.15, 0.2) is 18.2 Å². The van der Waals surface area contributed by atoms with Crippen LogP contribution in [0.4, 0.5) is 5.69 Å². The molecular formula is C11H15Cl2N3O3S. The van der Waals surface area contributed by atoms with Gasteiger partial charge in [-0.25, -0.2) is 0 Å². The molecule has 0 radical (unpaired) electrons. The van der Waals surface area contributed by atoms with Gasteiger partial charge in [0.15, 0.2) is 0 Å². The maximum Gasteiger partial charge on any atom is 0.281 e. The Hall–Kier alpha value is -0.860. The highest BCUT2D eigenvalue weighted by Crippen LogP contribution is 2.24. The first-order chi connectivity index (χ1) is 9.14. The third-order valence-corrected chi connectivity index (χ3v) is 5.00. The summed E-state index contributed by atoms with van der Waals surface area (Å²) in [4.78, 5) is 11.8. The predicted molar refractivity (Wildman–Crippen MR) is 80.3 cm³/mol. The summed E-state index contributed by atoms with van der Waals surface area (Å²) in [5, 5.41) is 3.22. The number of nitrogens with zero attached hydrogens (tertiary/aromatic N) is 2. The lowest BCUT2D eigenvalue weighted by molar-refractivity contribution is -0.116. The van der Waals surface area contributed by atoms with Gasteiger partial charge in [0.05, 0.1) is 16.6 Å². The van der Waals surface area contributed by atoms with Crippen LogP contribution in [-0.2, 0) is 15.0 Å². The van der Waals surface area contributed by atoms with Gasteiger partial charge < -0.3 is 5.32 Å². The van der Waals surface area contributed by atoms with Gasteiger partial charge >= 0.3 is 0 Å². The average molecular weight is 340 g/mol. The number of carbonyl (C=O) groups excluding carboxylic acids is 1. The zero-order valence-corrected chi connectivity index (χ0v) is 13.6. The lowest BCUT2D eigenvalue weighted by Gasteiger charge is -2.20. The van der Waals surface area contributed by atoms with E-state index in [9.17, 15) is 13.2 Å². The maximum absolute atomic E-state index is 11.8. The van der Waals surface area contributed by atoms with Crippen molar-refractivity contribution in [2.75, 3.05) is 33.0 Å². The standard InChI is InChI=1S/C11H15Cl2N3O3S/c1-15(2)20(18,19)16(3)7-11(17)14-8-4-5-9(12)10(13)6-8/h4-6H,7H2,1-3H3,(H,14,17). The van der Waals surface area contributed by atoms with Crippen molar-refractivity contribution in [2.24, 2.45) is 0 Å². The Morgan fingerprint density at radius 3 is 2.30 bits per heavy atom. The van der Waals surface area contributed by atoms with Crippen molar-refractivity contribution >= 4 is 45.0 Å². The van der Waals surface area contributed by atoms with Crippen molar-refractivity contribution in [1.82, 2.24) is 8.61 Å². The van der Waals surface area contributed by atoms with E-state index in [1.165, 1.54) is 27.2 Å². The molecule has 1 N–H and O–H groups in total. The second kappa shape index (κ2) is 6.73. The zero-order chi connectivity index (χ0) is 15.5. The molecule has 20 heavy (non-hydrogen) atoms. The molecule has 0 atom stereocenters. The number of hydrogen-bond acceptors (Lipinski definition) is 3. The molecule has 0 aliphatic rings. The van der Waals surface area contributed by atoms with Crippen molar-refractivity contribution in [1.29, 1.82) is 0 Å². The van der Waals surface area contributed by atoms with Gasteiger partial charge in [-0.05, 0) is 18.2 Å². The smallest absolute Gasteiger partial charge is 0.281 e. The van der Waals surface area contributed by atoms with Gasteiger partial charge in [0, 0.05) is 26.8 Å². The highest BCUT2D eigenvalue weighted by atomic mass is 35.5. The molecule has 0 aliphatic carbocycles. The monoisotopic (exact) mass is 339 g/mol. The van der Waals surface area contributed by atoms with Crippen LogP contribution in [0.5, 0.6) is 0 Å². The maximum atomic E-state index is 11.8. The fraction of sp³-hybridized carbons (Fsp3) is 0.364. The van der Waals surface area contributed by atoms with Gasteiger partial charge in [0.25, 0.3) is 10.2 Å². The van der Waals surface area contributed by atoms with E-state index in [1.807, 2.05) is 0 Å². The molecule has 0 saturated carbocycles. The highest BCUT2D eigenvalue weighted by molar-refractivity contribution is 7.86. The van der Waals surface area contributed by atoms with Crippen molar-refractivity contribution in [3.05, 3.63) is 28.2 Å². The molecule has 1 rings (SSSR count). The van der Waals surface area contributed by atoms with E-state index in [0.717, 1.165) is 8.61 Å². The number of anilines is 1. The van der Waals surface area contributed by atoms with Gasteiger partial charge in [0.2, 0.25) is 5.91 Å². The molecule has 0 heterocycles. The highest BCUT2D eigenvalue weighted by Gasteiger charge is 2.22. The van der Waals surface area contributed by atoms with Crippen LogP contribution in [0, 0.1) is 0 Å². The first kappa shape index (κ1) is 17.2. The first-order valence-electron chi connectivity index (χ1n) is 5.53. The minimum atomic E-state index is -3.62. The fourth-order valence-corrected chi connectivity index (χ4v) is 2.47. The van der Waals surface area contributed by atoms with E-state index in [4.69, 9.17) is 23.2 Å². The minimum absolute atomic E-state index is 0.304. The Morgan fingerprint density at radius 1 is 1.20 bits per heavy atom. The summed E-state index contributed by atoms with van der Waals surface area (Å²) in [6, 6.07) is 4.61. The van der Waals surface area contributed by atoms with E-state index in [2.05, 4.69) is 5.32 Å². The molecule has 0 aliphatic heterocycles. The summed E-state index contributed by atoms with van der Waals surface area (Å²) in [6.07, 6.45) is 0.